The van der Waals surface area contributed by atoms with E-state index in [0.717, 1.165) is 11.1 Å². The molecule has 0 atom stereocenters. The van der Waals surface area contributed by atoms with E-state index in [9.17, 15) is 9.18 Å². The Labute approximate surface area is 175 Å². The van der Waals surface area contributed by atoms with Gasteiger partial charge in [-0.1, -0.05) is 18.2 Å². The van der Waals surface area contributed by atoms with Gasteiger partial charge in [-0.25, -0.2) is 4.39 Å². The van der Waals surface area contributed by atoms with Gasteiger partial charge in [0.2, 0.25) is 0 Å². The highest BCUT2D eigenvalue weighted by molar-refractivity contribution is 7.80. The van der Waals surface area contributed by atoms with Crippen LogP contribution in [0.5, 0.6) is 11.5 Å². The van der Waals surface area contributed by atoms with Gasteiger partial charge < -0.3 is 14.8 Å². The average molecular weight is 418 g/mol. The first-order valence-corrected chi connectivity index (χ1v) is 9.58. The van der Waals surface area contributed by atoms with Crippen LogP contribution in [-0.4, -0.2) is 24.2 Å². The van der Waals surface area contributed by atoms with E-state index in [2.05, 4.69) is 16.2 Å². The zero-order valence-corrected chi connectivity index (χ0v) is 17.1. The number of ether oxygens (including phenoxy) is 2. The molecule has 2 rings (SSSR count). The fourth-order valence-corrected chi connectivity index (χ4v) is 2.46. The molecule has 154 valence electrons. The first kappa shape index (κ1) is 22.2. The first-order valence-electron chi connectivity index (χ1n) is 9.17. The van der Waals surface area contributed by atoms with Crippen molar-refractivity contribution in [3.05, 3.63) is 65.5 Å². The van der Waals surface area contributed by atoms with Crippen molar-refractivity contribution in [2.24, 2.45) is 0 Å². The lowest BCUT2D eigenvalue weighted by Gasteiger charge is -2.11. The lowest BCUT2D eigenvalue weighted by molar-refractivity contribution is -0.116. The van der Waals surface area contributed by atoms with Gasteiger partial charge in [0.25, 0.3) is 5.91 Å². The molecule has 1 amide bonds. The number of amides is 1. The van der Waals surface area contributed by atoms with Gasteiger partial charge in [0.15, 0.2) is 16.6 Å². The molecule has 0 unspecified atom stereocenters. The van der Waals surface area contributed by atoms with Crippen molar-refractivity contribution in [3.8, 4) is 11.5 Å². The normalized spacial score (nSPS) is 10.4. The molecule has 0 spiro atoms. The largest absolute Gasteiger partial charge is 0.490 e. The zero-order valence-electron chi connectivity index (χ0n) is 16.3. The van der Waals surface area contributed by atoms with Crippen LogP contribution in [0.3, 0.4) is 0 Å². The summed E-state index contributed by atoms with van der Waals surface area (Å²) in [6.45, 7) is 5.26. The lowest BCUT2D eigenvalue weighted by Crippen LogP contribution is -2.45. The Kier molecular flexibility index (Phi) is 8.91. The van der Waals surface area contributed by atoms with Crippen molar-refractivity contribution in [2.45, 2.75) is 20.4 Å². The molecule has 0 saturated carbocycles. The fraction of sp³-hybridized carbons (Fsp3) is 0.238. The standard InChI is InChI=1S/C21H24FN3O3S/c1-3-27-18-11-7-15(13-19(18)28-4-2)8-12-20(26)24-25-21(29)23-14-16-5-9-17(22)10-6-16/h5-13H,3-4,14H2,1-2H3,(H,24,26)(H2,23,25,29)/b12-8+. The summed E-state index contributed by atoms with van der Waals surface area (Å²) in [6.07, 6.45) is 3.03. The number of rotatable bonds is 8. The first-order chi connectivity index (χ1) is 14.0. The van der Waals surface area contributed by atoms with Crippen molar-refractivity contribution in [3.63, 3.8) is 0 Å². The molecule has 2 aromatic carbocycles. The Morgan fingerprint density at radius 2 is 1.72 bits per heavy atom. The number of halogens is 1. The van der Waals surface area contributed by atoms with Gasteiger partial charge in [0.05, 0.1) is 13.2 Å². The molecule has 0 aromatic heterocycles. The molecule has 0 aliphatic rings. The number of carbonyl (C=O) groups excluding carboxylic acids is 1. The maximum Gasteiger partial charge on any atom is 0.262 e. The van der Waals surface area contributed by atoms with Gasteiger partial charge >= 0.3 is 0 Å². The van der Waals surface area contributed by atoms with E-state index in [4.69, 9.17) is 21.7 Å². The van der Waals surface area contributed by atoms with Crippen LogP contribution in [0.1, 0.15) is 25.0 Å². The van der Waals surface area contributed by atoms with E-state index < -0.39 is 0 Å². The van der Waals surface area contributed by atoms with Crippen LogP contribution in [-0.2, 0) is 11.3 Å². The van der Waals surface area contributed by atoms with Gasteiger partial charge in [-0.05, 0) is 67.5 Å². The number of hydrogen-bond donors (Lipinski definition) is 3. The average Bonchev–Trinajstić information content (AvgIpc) is 2.72. The number of benzene rings is 2. The predicted octanol–water partition coefficient (Wildman–Crippen LogP) is 3.33. The Balaban J connectivity index is 1.81. The van der Waals surface area contributed by atoms with E-state index in [0.29, 0.717) is 31.3 Å². The molecular weight excluding hydrogens is 393 g/mol. The van der Waals surface area contributed by atoms with E-state index >= 15 is 0 Å². The lowest BCUT2D eigenvalue weighted by atomic mass is 10.2. The van der Waals surface area contributed by atoms with Crippen molar-refractivity contribution in [1.82, 2.24) is 16.2 Å². The summed E-state index contributed by atoms with van der Waals surface area (Å²) in [5.41, 5.74) is 6.74. The van der Waals surface area contributed by atoms with Crippen LogP contribution < -0.4 is 25.6 Å². The molecule has 0 heterocycles. The Bertz CT molecular complexity index is 857. The molecule has 0 fully saturated rings. The topological polar surface area (TPSA) is 71.6 Å². The smallest absolute Gasteiger partial charge is 0.262 e. The number of carbonyl (C=O) groups is 1. The molecule has 0 aliphatic carbocycles. The minimum absolute atomic E-state index is 0.246. The summed E-state index contributed by atoms with van der Waals surface area (Å²) in [4.78, 5) is 12.0. The molecule has 8 heteroatoms. The number of thiocarbonyl (C=S) groups is 1. The Hall–Kier alpha value is -3.13. The summed E-state index contributed by atoms with van der Waals surface area (Å²) < 4.78 is 24.0. The third-order valence-electron chi connectivity index (χ3n) is 3.66. The quantitative estimate of drug-likeness (QED) is 0.348. The second-order valence-corrected chi connectivity index (χ2v) is 6.24. The van der Waals surface area contributed by atoms with Crippen LogP contribution in [0.25, 0.3) is 6.08 Å². The molecule has 6 nitrogen and oxygen atoms in total. The summed E-state index contributed by atoms with van der Waals surface area (Å²) >= 11 is 5.09. The van der Waals surface area contributed by atoms with Gasteiger partial charge in [-0.15, -0.1) is 0 Å². The molecule has 0 radical (unpaired) electrons. The predicted molar refractivity (Wildman–Crippen MR) is 115 cm³/mol. The molecule has 0 bridgehead atoms. The number of hydrazine groups is 1. The highest BCUT2D eigenvalue weighted by atomic mass is 32.1. The second kappa shape index (κ2) is 11.7. The van der Waals surface area contributed by atoms with Crippen molar-refractivity contribution in [2.75, 3.05) is 13.2 Å². The molecule has 3 N–H and O–H groups in total. The van der Waals surface area contributed by atoms with Gasteiger partial charge in [-0.2, -0.15) is 0 Å². The third-order valence-corrected chi connectivity index (χ3v) is 3.91. The van der Waals surface area contributed by atoms with Gasteiger partial charge in [-0.3, -0.25) is 15.6 Å². The maximum atomic E-state index is 12.9. The summed E-state index contributed by atoms with van der Waals surface area (Å²) in [5.74, 6) is 0.619. The Morgan fingerprint density at radius 3 is 2.41 bits per heavy atom. The highest BCUT2D eigenvalue weighted by Gasteiger charge is 2.05. The van der Waals surface area contributed by atoms with Crippen molar-refractivity contribution in [1.29, 1.82) is 0 Å². The zero-order chi connectivity index (χ0) is 21.1. The molecule has 0 saturated heterocycles. The van der Waals surface area contributed by atoms with Crippen LogP contribution in [0, 0.1) is 5.82 Å². The van der Waals surface area contributed by atoms with Crippen LogP contribution >= 0.6 is 12.2 Å². The second-order valence-electron chi connectivity index (χ2n) is 5.83. The highest BCUT2D eigenvalue weighted by Crippen LogP contribution is 2.28. The van der Waals surface area contributed by atoms with E-state index in [1.165, 1.54) is 18.2 Å². The monoisotopic (exact) mass is 417 g/mol. The summed E-state index contributed by atoms with van der Waals surface area (Å²) in [7, 11) is 0. The molecule has 0 aliphatic heterocycles. The minimum Gasteiger partial charge on any atom is -0.490 e. The minimum atomic E-state index is -0.372. The molecule has 29 heavy (non-hydrogen) atoms. The number of hydrogen-bond acceptors (Lipinski definition) is 4. The third kappa shape index (κ3) is 7.79. The summed E-state index contributed by atoms with van der Waals surface area (Å²) in [5, 5.41) is 3.16. The summed E-state index contributed by atoms with van der Waals surface area (Å²) in [6, 6.07) is 11.5. The van der Waals surface area contributed by atoms with Gasteiger partial charge in [0.1, 0.15) is 5.82 Å². The maximum absolute atomic E-state index is 12.9. The van der Waals surface area contributed by atoms with E-state index in [-0.39, 0.29) is 16.8 Å². The SMILES string of the molecule is CCOc1ccc(/C=C/C(=O)NNC(=S)NCc2ccc(F)cc2)cc1OCC. The fourth-order valence-electron chi connectivity index (χ4n) is 2.33. The van der Waals surface area contributed by atoms with Crippen molar-refractivity contribution >= 4 is 29.3 Å². The van der Waals surface area contributed by atoms with Crippen LogP contribution in [0.2, 0.25) is 0 Å². The van der Waals surface area contributed by atoms with Crippen LogP contribution in [0.4, 0.5) is 4.39 Å². The van der Waals surface area contributed by atoms with Gasteiger partial charge in [0, 0.05) is 12.6 Å². The molecule has 2 aromatic rings. The number of nitrogens with one attached hydrogen (secondary N) is 3. The van der Waals surface area contributed by atoms with Crippen LogP contribution in [0.15, 0.2) is 48.5 Å². The molecular formula is C21H24FN3O3S. The van der Waals surface area contributed by atoms with Crippen molar-refractivity contribution < 1.29 is 18.7 Å². The van der Waals surface area contributed by atoms with E-state index in [1.807, 2.05) is 19.9 Å². The van der Waals surface area contributed by atoms with E-state index in [1.54, 1.807) is 30.3 Å². The Morgan fingerprint density at radius 1 is 1.03 bits per heavy atom.